The first kappa shape index (κ1) is 29.0. The molecule has 1 amide bonds. The molecule has 41 heavy (non-hydrogen) atoms. The van der Waals surface area contributed by atoms with Crippen molar-refractivity contribution in [1.29, 1.82) is 0 Å². The Kier molecular flexibility index (Phi) is 8.35. The molecular weight excluding hydrogens is 600 g/mol. The number of halogens is 2. The van der Waals surface area contributed by atoms with E-state index in [9.17, 15) is 9.59 Å². The summed E-state index contributed by atoms with van der Waals surface area (Å²) in [4.78, 5) is 31.6. The maximum Gasteiger partial charge on any atom is 0.339 e. The molecule has 0 radical (unpaired) electrons. The zero-order chi connectivity index (χ0) is 29.3. The van der Waals surface area contributed by atoms with Crippen LogP contribution < -0.4 is 5.32 Å². The van der Waals surface area contributed by atoms with E-state index >= 15 is 0 Å². The number of hydrogen-bond acceptors (Lipinski definition) is 4. The molecule has 0 aliphatic heterocycles. The zero-order valence-electron chi connectivity index (χ0n) is 23.6. The van der Waals surface area contributed by atoms with Gasteiger partial charge in [0.2, 0.25) is 0 Å². The summed E-state index contributed by atoms with van der Waals surface area (Å²) >= 11 is 9.77. The van der Waals surface area contributed by atoms with Gasteiger partial charge in [-0.2, -0.15) is 0 Å². The van der Waals surface area contributed by atoms with E-state index in [1.54, 1.807) is 0 Å². The number of para-hydroxylation sites is 1. The molecule has 0 bridgehead atoms. The maximum absolute atomic E-state index is 13.8. The van der Waals surface area contributed by atoms with Gasteiger partial charge in [0.15, 0.2) is 6.61 Å². The van der Waals surface area contributed by atoms with Gasteiger partial charge in [-0.3, -0.25) is 4.79 Å². The van der Waals surface area contributed by atoms with Gasteiger partial charge in [0.1, 0.15) is 0 Å². The number of hydrogen-bond donors (Lipinski definition) is 1. The highest BCUT2D eigenvalue weighted by atomic mass is 79.9. The molecule has 0 saturated heterocycles. The minimum atomic E-state index is -0.533. The molecule has 1 aliphatic carbocycles. The quantitative estimate of drug-likeness (QED) is 0.223. The second kappa shape index (κ2) is 11.8. The summed E-state index contributed by atoms with van der Waals surface area (Å²) in [7, 11) is 0. The highest BCUT2D eigenvalue weighted by Crippen LogP contribution is 2.45. The smallest absolute Gasteiger partial charge is 0.339 e. The Bertz CT molecular complexity index is 1690. The monoisotopic (exact) mass is 630 g/mol. The first-order chi connectivity index (χ1) is 19.5. The van der Waals surface area contributed by atoms with Crippen molar-refractivity contribution in [3.63, 3.8) is 0 Å². The molecule has 5 nitrogen and oxygen atoms in total. The number of rotatable bonds is 5. The Balaban J connectivity index is 1.54. The van der Waals surface area contributed by atoms with Gasteiger partial charge in [-0.1, -0.05) is 68.8 Å². The predicted octanol–water partition coefficient (Wildman–Crippen LogP) is 8.90. The van der Waals surface area contributed by atoms with E-state index in [2.05, 4.69) is 48.1 Å². The number of anilines is 1. The fraction of sp³-hybridized carbons (Fsp3) is 0.265. The SMILES string of the molecule is Cc1ccc(NC(=O)COC(=O)c2c3c(nc4ccccc24)/C(=C\c2cccc(Cl)c2)C[C@@H](C(C)(C)C)C3)c(Br)c1. The summed E-state index contributed by atoms with van der Waals surface area (Å²) in [6.45, 7) is 8.23. The fourth-order valence-electron chi connectivity index (χ4n) is 5.28. The number of aryl methyl sites for hydroxylation is 1. The van der Waals surface area contributed by atoms with E-state index < -0.39 is 18.5 Å². The van der Waals surface area contributed by atoms with Gasteiger partial charge in [0.25, 0.3) is 5.91 Å². The number of carbonyl (C=O) groups excluding carboxylic acids is 2. The third kappa shape index (κ3) is 6.55. The number of nitrogens with one attached hydrogen (secondary N) is 1. The molecule has 3 aromatic carbocycles. The topological polar surface area (TPSA) is 68.3 Å². The largest absolute Gasteiger partial charge is 0.452 e. The predicted molar refractivity (Wildman–Crippen MR) is 170 cm³/mol. The summed E-state index contributed by atoms with van der Waals surface area (Å²) in [6.07, 6.45) is 3.61. The summed E-state index contributed by atoms with van der Waals surface area (Å²) < 4.78 is 6.42. The molecule has 7 heteroatoms. The third-order valence-corrected chi connectivity index (χ3v) is 8.46. The Labute approximate surface area is 254 Å². The molecule has 210 valence electrons. The molecule has 1 heterocycles. The van der Waals surface area contributed by atoms with Gasteiger partial charge in [0.05, 0.1) is 22.5 Å². The van der Waals surface area contributed by atoms with Crippen LogP contribution in [0.15, 0.2) is 71.2 Å². The van der Waals surface area contributed by atoms with E-state index in [1.807, 2.05) is 73.7 Å². The minimum absolute atomic E-state index is 0.0146. The van der Waals surface area contributed by atoms with Gasteiger partial charge in [0, 0.05) is 14.9 Å². The molecule has 1 N–H and O–H groups in total. The number of pyridine rings is 1. The van der Waals surface area contributed by atoms with Crippen LogP contribution in [0.25, 0.3) is 22.6 Å². The molecule has 1 atom stereocenters. The molecule has 0 saturated carbocycles. The second-order valence-corrected chi connectivity index (χ2v) is 12.9. The summed E-state index contributed by atoms with van der Waals surface area (Å²) in [5.74, 6) is -0.684. The number of benzene rings is 3. The van der Waals surface area contributed by atoms with Crippen molar-refractivity contribution in [2.75, 3.05) is 11.9 Å². The second-order valence-electron chi connectivity index (χ2n) is 11.6. The molecular formula is C34H32BrClN2O3. The lowest BCUT2D eigenvalue weighted by Gasteiger charge is -2.36. The third-order valence-electron chi connectivity index (χ3n) is 7.57. The number of nitrogens with zero attached hydrogens (tertiary/aromatic N) is 1. The lowest BCUT2D eigenvalue weighted by atomic mass is 9.69. The number of carbonyl (C=O) groups is 2. The average molecular weight is 632 g/mol. The van der Waals surface area contributed by atoms with Gasteiger partial charge < -0.3 is 10.1 Å². The first-order valence-electron chi connectivity index (χ1n) is 13.6. The van der Waals surface area contributed by atoms with Crippen molar-refractivity contribution in [2.24, 2.45) is 11.3 Å². The number of fused-ring (bicyclic) bond motifs is 2. The van der Waals surface area contributed by atoms with Crippen LogP contribution in [-0.4, -0.2) is 23.5 Å². The first-order valence-corrected chi connectivity index (χ1v) is 14.8. The molecule has 0 fully saturated rings. The van der Waals surface area contributed by atoms with Crippen molar-refractivity contribution < 1.29 is 14.3 Å². The normalized spacial score (nSPS) is 16.0. The van der Waals surface area contributed by atoms with Crippen LogP contribution in [0.5, 0.6) is 0 Å². The van der Waals surface area contributed by atoms with Crippen molar-refractivity contribution in [3.8, 4) is 0 Å². The van der Waals surface area contributed by atoms with Crippen LogP contribution in [0, 0.1) is 18.3 Å². The van der Waals surface area contributed by atoms with Gasteiger partial charge in [-0.05, 0) is 106 Å². The highest BCUT2D eigenvalue weighted by Gasteiger charge is 2.35. The summed E-state index contributed by atoms with van der Waals surface area (Å²) in [5.41, 5.74) is 6.53. The molecule has 0 unspecified atom stereocenters. The van der Waals surface area contributed by atoms with Crippen LogP contribution in [0.3, 0.4) is 0 Å². The number of aromatic nitrogens is 1. The zero-order valence-corrected chi connectivity index (χ0v) is 25.9. The number of allylic oxidation sites excluding steroid dienone is 1. The van der Waals surface area contributed by atoms with Crippen molar-refractivity contribution >= 4 is 67.6 Å². The van der Waals surface area contributed by atoms with E-state index in [4.69, 9.17) is 21.3 Å². The Morgan fingerprint density at radius 2 is 1.85 bits per heavy atom. The molecule has 0 spiro atoms. The van der Waals surface area contributed by atoms with Crippen molar-refractivity contribution in [2.45, 2.75) is 40.5 Å². The van der Waals surface area contributed by atoms with E-state index in [1.165, 1.54) is 0 Å². The minimum Gasteiger partial charge on any atom is -0.452 e. The molecule has 4 aromatic rings. The van der Waals surface area contributed by atoms with Crippen molar-refractivity contribution in [3.05, 3.63) is 104 Å². The lowest BCUT2D eigenvalue weighted by Crippen LogP contribution is -2.29. The average Bonchev–Trinajstić information content (AvgIpc) is 2.91. The van der Waals surface area contributed by atoms with E-state index in [0.29, 0.717) is 28.2 Å². The van der Waals surface area contributed by atoms with Crippen LogP contribution in [0.2, 0.25) is 5.02 Å². The maximum atomic E-state index is 13.8. The summed E-state index contributed by atoms with van der Waals surface area (Å²) in [6, 6.07) is 20.9. The number of esters is 1. The van der Waals surface area contributed by atoms with Gasteiger partial charge in [-0.25, -0.2) is 9.78 Å². The van der Waals surface area contributed by atoms with Crippen LogP contribution in [-0.2, 0) is 16.0 Å². The number of amides is 1. The van der Waals surface area contributed by atoms with Gasteiger partial charge >= 0.3 is 5.97 Å². The Morgan fingerprint density at radius 3 is 2.59 bits per heavy atom. The Morgan fingerprint density at radius 1 is 1.07 bits per heavy atom. The highest BCUT2D eigenvalue weighted by molar-refractivity contribution is 9.10. The van der Waals surface area contributed by atoms with Gasteiger partial charge in [-0.15, -0.1) is 0 Å². The van der Waals surface area contributed by atoms with Crippen LogP contribution in [0.4, 0.5) is 5.69 Å². The number of ether oxygens (including phenoxy) is 1. The Hall–Kier alpha value is -3.48. The molecule has 1 aliphatic rings. The van der Waals surface area contributed by atoms with E-state index in [0.717, 1.165) is 44.2 Å². The lowest BCUT2D eigenvalue weighted by molar-refractivity contribution is -0.119. The van der Waals surface area contributed by atoms with E-state index in [-0.39, 0.29) is 11.3 Å². The summed E-state index contributed by atoms with van der Waals surface area (Å²) in [5, 5.41) is 4.19. The van der Waals surface area contributed by atoms with Crippen LogP contribution >= 0.6 is 27.5 Å². The van der Waals surface area contributed by atoms with Crippen molar-refractivity contribution in [1.82, 2.24) is 4.98 Å². The van der Waals surface area contributed by atoms with Crippen LogP contribution in [0.1, 0.15) is 59.9 Å². The molecule has 5 rings (SSSR count). The fourth-order valence-corrected chi connectivity index (χ4v) is 6.07. The standard InChI is InChI=1S/C34H32BrClN2O3/c1-20-12-13-29(27(35)14-20)37-30(39)19-41-33(40)31-25-10-5-6-11-28(25)38-32-22(15-21-8-7-9-24(36)16-21)17-23(18-26(31)32)34(2,3)4/h5-16,23H,17-19H2,1-4H3,(H,37,39)/b22-15-/t23-/m1/s1. The molecule has 1 aromatic heterocycles.